The maximum Gasteiger partial charge on any atom is 0.223 e. The molecule has 1 aromatic carbocycles. The van der Waals surface area contributed by atoms with Gasteiger partial charge < -0.3 is 4.90 Å². The molecule has 0 bridgehead atoms. The summed E-state index contributed by atoms with van der Waals surface area (Å²) in [6.07, 6.45) is 3.27. The van der Waals surface area contributed by atoms with Gasteiger partial charge in [-0.3, -0.25) is 4.79 Å². The smallest absolute Gasteiger partial charge is 0.223 e. The van der Waals surface area contributed by atoms with E-state index in [-0.39, 0.29) is 65.3 Å². The van der Waals surface area contributed by atoms with E-state index in [0.29, 0.717) is 17.8 Å². The number of hydrogen-bond acceptors (Lipinski definition) is 4. The molecule has 0 N–H and O–H groups in total. The fourth-order valence-electron chi connectivity index (χ4n) is 2.53. The van der Waals surface area contributed by atoms with Gasteiger partial charge in [-0.05, 0) is 25.1 Å². The van der Waals surface area contributed by atoms with Crippen LogP contribution in [-0.2, 0) is 4.79 Å². The number of rotatable bonds is 3. The molecule has 0 saturated carbocycles. The Labute approximate surface area is 192 Å². The Morgan fingerprint density at radius 3 is 2.19 bits per heavy atom. The first-order valence-corrected chi connectivity index (χ1v) is 7.27. The van der Waals surface area contributed by atoms with Crippen molar-refractivity contribution < 1.29 is 4.79 Å². The Morgan fingerprint density at radius 2 is 1.68 bits per heavy atom. The zero-order chi connectivity index (χ0) is 16.4. The molecule has 0 aliphatic rings. The maximum absolute atomic E-state index is 11.7. The van der Waals surface area contributed by atoms with Crippen molar-refractivity contribution in [3.05, 3.63) is 48.3 Å². The van der Waals surface area contributed by atoms with Crippen molar-refractivity contribution in [1.82, 2.24) is 14.6 Å². The maximum atomic E-state index is 11.7. The van der Waals surface area contributed by atoms with Gasteiger partial charge in [0.2, 0.25) is 5.91 Å². The van der Waals surface area contributed by atoms with E-state index < -0.39 is 0 Å². The molecule has 31 heavy (non-hydrogen) atoms. The van der Waals surface area contributed by atoms with E-state index >= 15 is 0 Å². The molecular formula is C25H47N5O. The summed E-state index contributed by atoms with van der Waals surface area (Å²) < 4.78 is 1.57. The van der Waals surface area contributed by atoms with Crippen molar-refractivity contribution in [2.45, 2.75) is 73.3 Å². The number of hydrogen-bond donors (Lipinski definition) is 0. The first-order chi connectivity index (χ1) is 11.1. The van der Waals surface area contributed by atoms with Gasteiger partial charge >= 0.3 is 0 Å². The minimum Gasteiger partial charge on any atom is -0.313 e. The molecule has 6 heteroatoms. The summed E-state index contributed by atoms with van der Waals surface area (Å²) in [4.78, 5) is 17.9. The minimum absolute atomic E-state index is 0. The summed E-state index contributed by atoms with van der Waals surface area (Å²) >= 11 is 0. The monoisotopic (exact) mass is 433 g/mol. The molecule has 0 atom stereocenters. The number of benzene rings is 1. The molecule has 1 amide bonds. The molecule has 0 aliphatic heterocycles. The van der Waals surface area contributed by atoms with Crippen molar-refractivity contribution >= 4 is 17.2 Å². The first-order valence-electron chi connectivity index (χ1n) is 7.27. The first kappa shape index (κ1) is 42.0. The second-order valence-electron chi connectivity index (χ2n) is 5.06. The number of nitriles is 1. The Balaban J connectivity index is -0.000000195. The van der Waals surface area contributed by atoms with E-state index in [9.17, 15) is 4.79 Å². The van der Waals surface area contributed by atoms with E-state index in [1.807, 2.05) is 37.3 Å². The molecule has 178 valence electrons. The molecule has 0 unspecified atom stereocenters. The summed E-state index contributed by atoms with van der Waals surface area (Å²) in [7, 11) is 0. The summed E-state index contributed by atoms with van der Waals surface area (Å²) in [6, 6.07) is 11.6. The quantitative estimate of drug-likeness (QED) is 0.423. The van der Waals surface area contributed by atoms with E-state index in [2.05, 4.69) is 16.2 Å². The van der Waals surface area contributed by atoms with Crippen LogP contribution in [0.3, 0.4) is 0 Å². The summed E-state index contributed by atoms with van der Waals surface area (Å²) in [6.45, 7) is 4.09. The van der Waals surface area contributed by atoms with Crippen LogP contribution in [0.5, 0.6) is 0 Å². The van der Waals surface area contributed by atoms with Crippen molar-refractivity contribution in [1.29, 1.82) is 5.26 Å². The van der Waals surface area contributed by atoms with Gasteiger partial charge in [0.15, 0.2) is 5.65 Å². The van der Waals surface area contributed by atoms with Crippen LogP contribution in [0.25, 0.3) is 16.9 Å². The minimum atomic E-state index is -0.00406. The number of carbonyl (C=O) groups excluding carboxylic acids is 1. The Hall–Kier alpha value is -3.20. The van der Waals surface area contributed by atoms with Crippen molar-refractivity contribution in [2.75, 3.05) is 11.4 Å². The number of nitrogens with zero attached hydrogens (tertiary/aromatic N) is 5. The van der Waals surface area contributed by atoms with Crippen LogP contribution in [0.15, 0.2) is 42.7 Å². The van der Waals surface area contributed by atoms with E-state index in [1.165, 1.54) is 6.20 Å². The fourth-order valence-corrected chi connectivity index (χ4v) is 2.53. The van der Waals surface area contributed by atoms with Gasteiger partial charge in [0, 0.05) is 30.9 Å². The average Bonchev–Trinajstić information content (AvgIpc) is 2.97. The van der Waals surface area contributed by atoms with Gasteiger partial charge in [-0.1, -0.05) is 71.5 Å². The number of anilines is 1. The number of amides is 1. The van der Waals surface area contributed by atoms with Crippen LogP contribution in [-0.4, -0.2) is 27.0 Å². The highest BCUT2D eigenvalue weighted by molar-refractivity contribution is 5.92. The van der Waals surface area contributed by atoms with Gasteiger partial charge in [-0.25, -0.2) is 9.50 Å². The van der Waals surface area contributed by atoms with Crippen molar-refractivity contribution in [2.24, 2.45) is 0 Å². The molecule has 2 heterocycles. The normalized spacial score (nSPS) is 7.77. The Bertz CT molecular complexity index is 925. The van der Waals surface area contributed by atoms with Crippen LogP contribution in [0, 0.1) is 11.3 Å². The third-order valence-electron chi connectivity index (χ3n) is 3.64. The molecular weight excluding hydrogens is 386 g/mol. The lowest BCUT2D eigenvalue weighted by atomic mass is 10.1. The van der Waals surface area contributed by atoms with Gasteiger partial charge in [-0.2, -0.15) is 10.4 Å². The lowest BCUT2D eigenvalue weighted by Crippen LogP contribution is -2.27. The predicted octanol–water partition coefficient (Wildman–Crippen LogP) is 7.73. The number of fused-ring (bicyclic) bond motifs is 1. The lowest BCUT2D eigenvalue weighted by molar-refractivity contribution is -0.116. The summed E-state index contributed by atoms with van der Waals surface area (Å²) in [5.74, 6) is -0.00406. The van der Waals surface area contributed by atoms with Gasteiger partial charge in [0.25, 0.3) is 0 Å². The highest BCUT2D eigenvalue weighted by Crippen LogP contribution is 2.24. The SMILES string of the molecule is C.C.C.C.C.C.C.C.CCN(C(C)=O)c1cccc(-c2ccn3ncc(C#N)c3n2)c1. The lowest BCUT2D eigenvalue weighted by Gasteiger charge is -2.19. The van der Waals surface area contributed by atoms with E-state index in [1.54, 1.807) is 22.5 Å². The van der Waals surface area contributed by atoms with E-state index in [0.717, 1.165) is 16.9 Å². The molecule has 2 aromatic heterocycles. The third-order valence-corrected chi connectivity index (χ3v) is 3.64. The summed E-state index contributed by atoms with van der Waals surface area (Å²) in [5.41, 5.74) is 3.40. The topological polar surface area (TPSA) is 74.3 Å². The zero-order valence-electron chi connectivity index (χ0n) is 12.9. The highest BCUT2D eigenvalue weighted by atomic mass is 16.2. The molecule has 3 aromatic rings. The third kappa shape index (κ3) is 8.21. The number of carbonyl (C=O) groups is 1. The summed E-state index contributed by atoms with van der Waals surface area (Å²) in [5, 5.41) is 13.2. The van der Waals surface area contributed by atoms with Crippen molar-refractivity contribution in [3.8, 4) is 17.3 Å². The standard InChI is InChI=1S/C17H15N5O.8CH4/c1-3-21(12(2)23)15-6-4-5-13(9-15)16-7-8-22-17(20-16)14(10-18)11-19-22;;;;;;;;/h4-9,11H,3H2,1-2H3;8*1H4. The fraction of sp³-hybridized carbons (Fsp3) is 0.440. The Kier molecular flexibility index (Phi) is 23.9. The zero-order valence-corrected chi connectivity index (χ0v) is 12.9. The molecule has 6 nitrogen and oxygen atoms in total. The molecule has 0 radical (unpaired) electrons. The average molecular weight is 434 g/mol. The van der Waals surface area contributed by atoms with Crippen LogP contribution >= 0.6 is 0 Å². The largest absolute Gasteiger partial charge is 0.313 e. The molecule has 3 rings (SSSR count). The van der Waals surface area contributed by atoms with Crippen LogP contribution in [0.2, 0.25) is 0 Å². The molecule has 0 aliphatic carbocycles. The second-order valence-corrected chi connectivity index (χ2v) is 5.06. The van der Waals surface area contributed by atoms with Gasteiger partial charge in [-0.15, -0.1) is 0 Å². The Morgan fingerprint density at radius 1 is 1.06 bits per heavy atom. The van der Waals surface area contributed by atoms with Crippen LogP contribution in [0.4, 0.5) is 5.69 Å². The highest BCUT2D eigenvalue weighted by Gasteiger charge is 2.11. The van der Waals surface area contributed by atoms with Crippen molar-refractivity contribution in [3.63, 3.8) is 0 Å². The molecule has 0 spiro atoms. The molecule has 0 fully saturated rings. The second kappa shape index (κ2) is 17.6. The number of aromatic nitrogens is 3. The predicted molar refractivity (Wildman–Crippen MR) is 141 cm³/mol. The van der Waals surface area contributed by atoms with Crippen LogP contribution < -0.4 is 4.90 Å². The van der Waals surface area contributed by atoms with Crippen LogP contribution in [0.1, 0.15) is 78.8 Å². The van der Waals surface area contributed by atoms with Gasteiger partial charge in [0.05, 0.1) is 11.9 Å². The van der Waals surface area contributed by atoms with E-state index in [4.69, 9.17) is 5.26 Å². The molecule has 0 saturated heterocycles. The van der Waals surface area contributed by atoms with Gasteiger partial charge in [0.1, 0.15) is 11.6 Å².